The van der Waals surface area contributed by atoms with Crippen molar-refractivity contribution in [1.82, 2.24) is 10.6 Å². The van der Waals surface area contributed by atoms with Crippen molar-refractivity contribution in [3.05, 3.63) is 101 Å². The van der Waals surface area contributed by atoms with Crippen molar-refractivity contribution in [1.29, 1.82) is 0 Å². The van der Waals surface area contributed by atoms with Crippen LogP contribution in [0, 0.1) is 0 Å². The summed E-state index contributed by atoms with van der Waals surface area (Å²) < 4.78 is 0. The Bertz CT molecular complexity index is 861. The monoisotopic (exact) mass is 360 g/mol. The summed E-state index contributed by atoms with van der Waals surface area (Å²) >= 11 is 0. The minimum Gasteiger partial charge on any atom is -0.508 e. The zero-order valence-electron chi connectivity index (χ0n) is 15.2. The number of hydrogen-bond donors (Lipinski definition) is 3. The maximum atomic E-state index is 12.6. The van der Waals surface area contributed by atoms with Gasteiger partial charge < -0.3 is 15.7 Å². The highest BCUT2D eigenvalue weighted by molar-refractivity contribution is 5.95. The lowest BCUT2D eigenvalue weighted by Crippen LogP contribution is -2.25. The molecule has 0 aromatic heterocycles. The Morgan fingerprint density at radius 2 is 1.48 bits per heavy atom. The van der Waals surface area contributed by atoms with Crippen LogP contribution in [0.5, 0.6) is 5.75 Å². The second-order valence-corrected chi connectivity index (χ2v) is 6.42. The second kappa shape index (κ2) is 9.55. The van der Waals surface area contributed by atoms with Gasteiger partial charge in [0, 0.05) is 18.7 Å². The molecule has 0 atom stereocenters. The second-order valence-electron chi connectivity index (χ2n) is 6.42. The van der Waals surface area contributed by atoms with E-state index >= 15 is 0 Å². The Morgan fingerprint density at radius 1 is 0.778 bits per heavy atom. The molecule has 3 N–H and O–H groups in total. The number of phenols is 1. The third-order valence-corrected chi connectivity index (χ3v) is 4.40. The first-order valence-corrected chi connectivity index (χ1v) is 9.11. The number of amides is 1. The predicted octanol–water partition coefficient (Wildman–Crippen LogP) is 3.65. The highest BCUT2D eigenvalue weighted by Gasteiger charge is 2.10. The Hall–Kier alpha value is -3.11. The number of benzene rings is 3. The Labute approximate surface area is 159 Å². The van der Waals surface area contributed by atoms with E-state index in [9.17, 15) is 9.90 Å². The molecule has 0 unspecified atom stereocenters. The summed E-state index contributed by atoms with van der Waals surface area (Å²) in [4.78, 5) is 12.6. The average Bonchev–Trinajstić information content (AvgIpc) is 2.72. The molecule has 0 aliphatic rings. The minimum atomic E-state index is -0.0604. The van der Waals surface area contributed by atoms with Gasteiger partial charge in [0.2, 0.25) is 0 Å². The van der Waals surface area contributed by atoms with E-state index in [-0.39, 0.29) is 11.7 Å². The maximum Gasteiger partial charge on any atom is 0.251 e. The van der Waals surface area contributed by atoms with Crippen LogP contribution in [0.2, 0.25) is 0 Å². The molecule has 0 bridgehead atoms. The number of aromatic hydroxyl groups is 1. The normalized spacial score (nSPS) is 10.5. The SMILES string of the molecule is O=C(NCc1ccccc1)c1ccccc1CNCCc1ccc(O)cc1. The zero-order valence-corrected chi connectivity index (χ0v) is 15.2. The number of rotatable bonds is 8. The van der Waals surface area contributed by atoms with Crippen molar-refractivity contribution in [3.8, 4) is 5.75 Å². The summed E-state index contributed by atoms with van der Waals surface area (Å²) in [6.07, 6.45) is 0.864. The van der Waals surface area contributed by atoms with Gasteiger partial charge in [-0.3, -0.25) is 4.79 Å². The first kappa shape index (κ1) is 18.7. The molecular formula is C23H24N2O2. The molecule has 27 heavy (non-hydrogen) atoms. The van der Waals surface area contributed by atoms with Crippen molar-refractivity contribution in [3.63, 3.8) is 0 Å². The van der Waals surface area contributed by atoms with E-state index in [1.807, 2.05) is 66.7 Å². The van der Waals surface area contributed by atoms with E-state index in [0.29, 0.717) is 18.7 Å². The van der Waals surface area contributed by atoms with Crippen molar-refractivity contribution in [2.24, 2.45) is 0 Å². The van der Waals surface area contributed by atoms with Gasteiger partial charge in [0.1, 0.15) is 5.75 Å². The Kier molecular flexibility index (Phi) is 6.61. The number of hydrogen-bond acceptors (Lipinski definition) is 3. The standard InChI is InChI=1S/C23H24N2O2/c26-21-12-10-18(11-13-21)14-15-24-17-20-8-4-5-9-22(20)23(27)25-16-19-6-2-1-3-7-19/h1-13,24,26H,14-17H2,(H,25,27). The van der Waals surface area contributed by atoms with E-state index < -0.39 is 0 Å². The van der Waals surface area contributed by atoms with Gasteiger partial charge in [0.15, 0.2) is 0 Å². The van der Waals surface area contributed by atoms with Gasteiger partial charge >= 0.3 is 0 Å². The van der Waals surface area contributed by atoms with E-state index in [0.717, 1.165) is 29.7 Å². The van der Waals surface area contributed by atoms with Crippen molar-refractivity contribution in [2.75, 3.05) is 6.54 Å². The van der Waals surface area contributed by atoms with Crippen molar-refractivity contribution >= 4 is 5.91 Å². The summed E-state index contributed by atoms with van der Waals surface area (Å²) in [5.41, 5.74) is 3.92. The van der Waals surface area contributed by atoms with Crippen LogP contribution in [0.3, 0.4) is 0 Å². The molecule has 0 fully saturated rings. The first-order chi connectivity index (χ1) is 13.2. The summed E-state index contributed by atoms with van der Waals surface area (Å²) in [6, 6.07) is 24.8. The summed E-state index contributed by atoms with van der Waals surface area (Å²) in [7, 11) is 0. The number of nitrogens with one attached hydrogen (secondary N) is 2. The van der Waals surface area contributed by atoms with Crippen LogP contribution in [-0.4, -0.2) is 17.6 Å². The highest BCUT2D eigenvalue weighted by atomic mass is 16.3. The van der Waals surface area contributed by atoms with Crippen molar-refractivity contribution in [2.45, 2.75) is 19.5 Å². The molecule has 0 saturated carbocycles. The van der Waals surface area contributed by atoms with Crippen LogP contribution in [0.15, 0.2) is 78.9 Å². The van der Waals surface area contributed by atoms with Crippen LogP contribution in [0.1, 0.15) is 27.0 Å². The topological polar surface area (TPSA) is 61.4 Å². The van der Waals surface area contributed by atoms with Crippen LogP contribution in [0.4, 0.5) is 0 Å². The third-order valence-electron chi connectivity index (χ3n) is 4.40. The lowest BCUT2D eigenvalue weighted by molar-refractivity contribution is 0.0950. The van der Waals surface area contributed by atoms with Gasteiger partial charge in [0.05, 0.1) is 0 Å². The molecule has 0 heterocycles. The quantitative estimate of drug-likeness (QED) is 0.537. The van der Waals surface area contributed by atoms with E-state index in [1.165, 1.54) is 0 Å². The molecule has 4 nitrogen and oxygen atoms in total. The van der Waals surface area contributed by atoms with Crippen LogP contribution < -0.4 is 10.6 Å². The van der Waals surface area contributed by atoms with Crippen LogP contribution in [0.25, 0.3) is 0 Å². The van der Waals surface area contributed by atoms with Crippen LogP contribution in [-0.2, 0) is 19.5 Å². The van der Waals surface area contributed by atoms with Gasteiger partial charge in [-0.2, -0.15) is 0 Å². The average molecular weight is 360 g/mol. The molecule has 0 radical (unpaired) electrons. The first-order valence-electron chi connectivity index (χ1n) is 9.11. The highest BCUT2D eigenvalue weighted by Crippen LogP contribution is 2.11. The third kappa shape index (κ3) is 5.69. The fourth-order valence-corrected chi connectivity index (χ4v) is 2.89. The molecule has 0 aliphatic heterocycles. The summed E-state index contributed by atoms with van der Waals surface area (Å²) in [6.45, 7) is 1.94. The number of carbonyl (C=O) groups is 1. The molecule has 1 amide bonds. The molecule has 3 aromatic carbocycles. The Balaban J connectivity index is 1.52. The fourth-order valence-electron chi connectivity index (χ4n) is 2.89. The van der Waals surface area contributed by atoms with Crippen LogP contribution >= 0.6 is 0 Å². The Morgan fingerprint density at radius 3 is 2.26 bits per heavy atom. The largest absolute Gasteiger partial charge is 0.508 e. The van der Waals surface area contributed by atoms with E-state index in [4.69, 9.17) is 0 Å². The zero-order chi connectivity index (χ0) is 18.9. The number of phenolic OH excluding ortho intramolecular Hbond substituents is 1. The van der Waals surface area contributed by atoms with Gasteiger partial charge in [-0.05, 0) is 47.9 Å². The molecule has 0 aliphatic carbocycles. The molecule has 4 heteroatoms. The molecule has 138 valence electrons. The maximum absolute atomic E-state index is 12.6. The van der Waals surface area contributed by atoms with E-state index in [2.05, 4.69) is 10.6 Å². The molecule has 3 rings (SSSR count). The van der Waals surface area contributed by atoms with Crippen molar-refractivity contribution < 1.29 is 9.90 Å². The van der Waals surface area contributed by atoms with Gasteiger partial charge in [-0.1, -0.05) is 60.7 Å². The summed E-state index contributed by atoms with van der Waals surface area (Å²) in [5.74, 6) is 0.219. The number of carbonyl (C=O) groups excluding carboxylic acids is 1. The molecule has 0 saturated heterocycles. The van der Waals surface area contributed by atoms with E-state index in [1.54, 1.807) is 12.1 Å². The summed E-state index contributed by atoms with van der Waals surface area (Å²) in [5, 5.41) is 15.7. The molecule has 3 aromatic rings. The minimum absolute atomic E-state index is 0.0604. The predicted molar refractivity (Wildman–Crippen MR) is 108 cm³/mol. The lowest BCUT2D eigenvalue weighted by Gasteiger charge is -2.11. The lowest BCUT2D eigenvalue weighted by atomic mass is 10.1. The van der Waals surface area contributed by atoms with Gasteiger partial charge in [0.25, 0.3) is 5.91 Å². The molecule has 0 spiro atoms. The molecular weight excluding hydrogens is 336 g/mol. The van der Waals surface area contributed by atoms with Gasteiger partial charge in [-0.15, -0.1) is 0 Å². The van der Waals surface area contributed by atoms with Gasteiger partial charge in [-0.25, -0.2) is 0 Å². The smallest absolute Gasteiger partial charge is 0.251 e. The fraction of sp³-hybridized carbons (Fsp3) is 0.174.